The molecule has 2 amide bonds. The standard InChI is InChI=1S/C24H32ClN3O4S/c1-6-21(24(30)26-17(2)3)27(15-19-13-11-18(4)12-14-19)23(29)16-28(33(5,31)32)22-10-8-7-9-20(22)25/h7-14,17,21H,6,15-16H2,1-5H3,(H,26,30)/t21-/m1/s1. The normalized spacial score (nSPS) is 12.3. The molecule has 180 valence electrons. The SMILES string of the molecule is CC[C@H](C(=O)NC(C)C)N(Cc1ccc(C)cc1)C(=O)CN(c1ccccc1Cl)S(C)(=O)=O. The number of hydrogen-bond acceptors (Lipinski definition) is 4. The van der Waals surface area contributed by atoms with Crippen LogP contribution in [-0.2, 0) is 26.2 Å². The van der Waals surface area contributed by atoms with E-state index in [9.17, 15) is 18.0 Å². The van der Waals surface area contributed by atoms with Gasteiger partial charge in [0.15, 0.2) is 0 Å². The summed E-state index contributed by atoms with van der Waals surface area (Å²) in [5.41, 5.74) is 2.13. The molecule has 9 heteroatoms. The Morgan fingerprint density at radius 2 is 1.67 bits per heavy atom. The van der Waals surface area contributed by atoms with Crippen LogP contribution in [-0.4, -0.2) is 50.0 Å². The molecule has 0 spiro atoms. The van der Waals surface area contributed by atoms with Crippen LogP contribution in [0.2, 0.25) is 5.02 Å². The second kappa shape index (κ2) is 11.5. The number of carbonyl (C=O) groups is 2. The number of nitrogens with one attached hydrogen (secondary N) is 1. The van der Waals surface area contributed by atoms with E-state index in [4.69, 9.17) is 11.6 Å². The van der Waals surface area contributed by atoms with Gasteiger partial charge in [-0.05, 0) is 44.9 Å². The number of amides is 2. The molecule has 2 rings (SSSR count). The van der Waals surface area contributed by atoms with Gasteiger partial charge in [-0.15, -0.1) is 0 Å². The van der Waals surface area contributed by atoms with Crippen LogP contribution in [0.3, 0.4) is 0 Å². The van der Waals surface area contributed by atoms with E-state index in [0.29, 0.717) is 6.42 Å². The Kier molecular flexibility index (Phi) is 9.31. The molecule has 2 aromatic rings. The highest BCUT2D eigenvalue weighted by Gasteiger charge is 2.32. The molecular weight excluding hydrogens is 462 g/mol. The third-order valence-electron chi connectivity index (χ3n) is 5.09. The number of hydrogen-bond donors (Lipinski definition) is 1. The van der Waals surface area contributed by atoms with Crippen LogP contribution in [0.4, 0.5) is 5.69 Å². The lowest BCUT2D eigenvalue weighted by molar-refractivity contribution is -0.140. The van der Waals surface area contributed by atoms with E-state index >= 15 is 0 Å². The van der Waals surface area contributed by atoms with Crippen LogP contribution < -0.4 is 9.62 Å². The minimum atomic E-state index is -3.82. The van der Waals surface area contributed by atoms with Crippen molar-refractivity contribution in [2.24, 2.45) is 0 Å². The van der Waals surface area contributed by atoms with Crippen LogP contribution >= 0.6 is 11.6 Å². The average molecular weight is 494 g/mol. The number of para-hydroxylation sites is 1. The smallest absolute Gasteiger partial charge is 0.244 e. The van der Waals surface area contributed by atoms with Gasteiger partial charge in [0.1, 0.15) is 12.6 Å². The van der Waals surface area contributed by atoms with Crippen molar-refractivity contribution in [3.8, 4) is 0 Å². The van der Waals surface area contributed by atoms with Crippen LogP contribution in [0.5, 0.6) is 0 Å². The zero-order valence-electron chi connectivity index (χ0n) is 19.7. The van der Waals surface area contributed by atoms with Gasteiger partial charge >= 0.3 is 0 Å². The highest BCUT2D eigenvalue weighted by Crippen LogP contribution is 2.27. The van der Waals surface area contributed by atoms with E-state index in [0.717, 1.165) is 21.7 Å². The minimum absolute atomic E-state index is 0.0986. The van der Waals surface area contributed by atoms with Gasteiger partial charge in [-0.1, -0.05) is 60.5 Å². The molecule has 0 saturated carbocycles. The first-order chi connectivity index (χ1) is 15.4. The number of sulfonamides is 1. The number of anilines is 1. The monoisotopic (exact) mass is 493 g/mol. The molecule has 0 radical (unpaired) electrons. The summed E-state index contributed by atoms with van der Waals surface area (Å²) in [6, 6.07) is 13.2. The largest absolute Gasteiger partial charge is 0.352 e. The fourth-order valence-electron chi connectivity index (χ4n) is 3.44. The zero-order chi connectivity index (χ0) is 24.8. The summed E-state index contributed by atoms with van der Waals surface area (Å²) in [7, 11) is -3.82. The zero-order valence-corrected chi connectivity index (χ0v) is 21.3. The number of benzene rings is 2. The van der Waals surface area contributed by atoms with Gasteiger partial charge in [0.05, 0.1) is 17.0 Å². The molecule has 1 N–H and O–H groups in total. The highest BCUT2D eigenvalue weighted by atomic mass is 35.5. The van der Waals surface area contributed by atoms with Gasteiger partial charge < -0.3 is 10.2 Å². The van der Waals surface area contributed by atoms with Crippen LogP contribution in [0, 0.1) is 6.92 Å². The number of aryl methyl sites for hydroxylation is 1. The first kappa shape index (κ1) is 26.7. The van der Waals surface area contributed by atoms with Crippen molar-refractivity contribution in [1.29, 1.82) is 0 Å². The van der Waals surface area contributed by atoms with Crippen LogP contribution in [0.25, 0.3) is 0 Å². The summed E-state index contributed by atoms with van der Waals surface area (Å²) in [4.78, 5) is 27.9. The summed E-state index contributed by atoms with van der Waals surface area (Å²) in [6.07, 6.45) is 1.40. The lowest BCUT2D eigenvalue weighted by Gasteiger charge is -2.33. The van der Waals surface area contributed by atoms with Crippen LogP contribution in [0.15, 0.2) is 48.5 Å². The Morgan fingerprint density at radius 1 is 1.06 bits per heavy atom. The first-order valence-corrected chi connectivity index (χ1v) is 13.0. The molecule has 0 fully saturated rings. The molecule has 0 saturated heterocycles. The molecule has 2 aromatic carbocycles. The molecule has 0 unspecified atom stereocenters. The number of carbonyl (C=O) groups excluding carboxylic acids is 2. The maximum absolute atomic E-state index is 13.5. The van der Waals surface area contributed by atoms with Crippen molar-refractivity contribution in [3.05, 3.63) is 64.7 Å². The van der Waals surface area contributed by atoms with Crippen molar-refractivity contribution in [3.63, 3.8) is 0 Å². The number of nitrogens with zero attached hydrogens (tertiary/aromatic N) is 2. The summed E-state index contributed by atoms with van der Waals surface area (Å²) >= 11 is 6.24. The quantitative estimate of drug-likeness (QED) is 0.546. The highest BCUT2D eigenvalue weighted by molar-refractivity contribution is 7.92. The predicted molar refractivity (Wildman–Crippen MR) is 133 cm³/mol. The molecular formula is C24H32ClN3O4S. The van der Waals surface area contributed by atoms with Crippen molar-refractivity contribution in [2.45, 2.75) is 52.7 Å². The van der Waals surface area contributed by atoms with Crippen molar-refractivity contribution in [1.82, 2.24) is 10.2 Å². The molecule has 0 aliphatic rings. The van der Waals surface area contributed by atoms with E-state index in [1.54, 1.807) is 24.3 Å². The number of halogens is 1. The fraction of sp³-hybridized carbons (Fsp3) is 0.417. The molecule has 0 aromatic heterocycles. The van der Waals surface area contributed by atoms with E-state index < -0.39 is 28.5 Å². The third kappa shape index (κ3) is 7.47. The molecule has 7 nitrogen and oxygen atoms in total. The fourth-order valence-corrected chi connectivity index (χ4v) is 4.59. The van der Waals surface area contributed by atoms with E-state index in [1.165, 1.54) is 4.90 Å². The number of rotatable bonds is 10. The summed E-state index contributed by atoms with van der Waals surface area (Å²) in [5.74, 6) is -0.775. The van der Waals surface area contributed by atoms with Gasteiger partial charge in [-0.25, -0.2) is 8.42 Å². The second-order valence-electron chi connectivity index (χ2n) is 8.32. The lowest BCUT2D eigenvalue weighted by atomic mass is 10.1. The maximum atomic E-state index is 13.5. The van der Waals surface area contributed by atoms with Crippen molar-refractivity contribution in [2.75, 3.05) is 17.1 Å². The minimum Gasteiger partial charge on any atom is -0.352 e. The topological polar surface area (TPSA) is 86.8 Å². The van der Waals surface area contributed by atoms with Gasteiger partial charge in [0.2, 0.25) is 21.8 Å². The first-order valence-electron chi connectivity index (χ1n) is 10.8. The van der Waals surface area contributed by atoms with Crippen LogP contribution in [0.1, 0.15) is 38.3 Å². The molecule has 0 aliphatic heterocycles. The molecule has 33 heavy (non-hydrogen) atoms. The third-order valence-corrected chi connectivity index (χ3v) is 6.54. The van der Waals surface area contributed by atoms with E-state index in [-0.39, 0.29) is 29.2 Å². The Bertz CT molecular complexity index is 1070. The Hall–Kier alpha value is -2.58. The van der Waals surface area contributed by atoms with Gasteiger partial charge in [0, 0.05) is 12.6 Å². The van der Waals surface area contributed by atoms with Crippen molar-refractivity contribution >= 4 is 39.1 Å². The van der Waals surface area contributed by atoms with Crippen molar-refractivity contribution < 1.29 is 18.0 Å². The maximum Gasteiger partial charge on any atom is 0.244 e. The van der Waals surface area contributed by atoms with E-state index in [2.05, 4.69) is 5.32 Å². The molecule has 1 atom stereocenters. The Morgan fingerprint density at radius 3 is 2.18 bits per heavy atom. The van der Waals surface area contributed by atoms with E-state index in [1.807, 2.05) is 52.0 Å². The summed E-state index contributed by atoms with van der Waals surface area (Å²) in [6.45, 7) is 7.18. The summed E-state index contributed by atoms with van der Waals surface area (Å²) < 4.78 is 26.1. The Labute approximate surface area is 201 Å². The van der Waals surface area contributed by atoms with Gasteiger partial charge in [-0.2, -0.15) is 0 Å². The lowest BCUT2D eigenvalue weighted by Crippen LogP contribution is -2.53. The molecule has 0 bridgehead atoms. The second-order valence-corrected chi connectivity index (χ2v) is 10.6. The van der Waals surface area contributed by atoms with Gasteiger partial charge in [-0.3, -0.25) is 13.9 Å². The average Bonchev–Trinajstić information content (AvgIpc) is 2.72. The predicted octanol–water partition coefficient (Wildman–Crippen LogP) is 3.75. The van der Waals surface area contributed by atoms with Gasteiger partial charge in [0.25, 0.3) is 0 Å². The molecule has 0 heterocycles. The summed E-state index contributed by atoms with van der Waals surface area (Å²) in [5, 5.41) is 3.08. The molecule has 0 aliphatic carbocycles. The Balaban J connectivity index is 2.44.